The number of aromatic nitrogens is 3. The van der Waals surface area contributed by atoms with E-state index < -0.39 is 5.97 Å². The van der Waals surface area contributed by atoms with Crippen LogP contribution in [0.25, 0.3) is 0 Å². The van der Waals surface area contributed by atoms with Crippen molar-refractivity contribution in [1.29, 1.82) is 0 Å². The SMILES string of the molecule is O=C(O)c1cccc(NC(=O)c2nn(C34CC5CC(CC(C5)C3)C4)nc2COC23CC4CC(CC(C4)C2)C3)c1. The summed E-state index contributed by atoms with van der Waals surface area (Å²) >= 11 is 0. The molecule has 8 heteroatoms. The van der Waals surface area contributed by atoms with Crippen molar-refractivity contribution in [3.05, 3.63) is 41.2 Å². The topological polar surface area (TPSA) is 106 Å². The molecule has 1 heterocycles. The van der Waals surface area contributed by atoms with Crippen molar-refractivity contribution in [2.75, 3.05) is 5.32 Å². The summed E-state index contributed by atoms with van der Waals surface area (Å²) in [5.74, 6) is 3.19. The van der Waals surface area contributed by atoms with E-state index >= 15 is 0 Å². The van der Waals surface area contributed by atoms with Gasteiger partial charge in [-0.3, -0.25) is 4.79 Å². The van der Waals surface area contributed by atoms with Crippen molar-refractivity contribution in [3.63, 3.8) is 0 Å². The molecule has 1 amide bonds. The molecule has 2 N–H and O–H groups in total. The number of amides is 1. The summed E-state index contributed by atoms with van der Waals surface area (Å²) in [6.45, 7) is 0.302. The maximum atomic E-state index is 13.6. The van der Waals surface area contributed by atoms with Gasteiger partial charge in [0.1, 0.15) is 5.69 Å². The average molecular weight is 531 g/mol. The van der Waals surface area contributed by atoms with Gasteiger partial charge in [0.15, 0.2) is 5.69 Å². The van der Waals surface area contributed by atoms with E-state index in [-0.39, 0.29) is 22.6 Å². The Hall–Kier alpha value is -2.74. The maximum absolute atomic E-state index is 13.6. The van der Waals surface area contributed by atoms with Gasteiger partial charge < -0.3 is 15.2 Å². The molecule has 8 aliphatic rings. The van der Waals surface area contributed by atoms with Crippen LogP contribution in [0.5, 0.6) is 0 Å². The summed E-state index contributed by atoms with van der Waals surface area (Å²) < 4.78 is 6.78. The van der Waals surface area contributed by atoms with Crippen LogP contribution in [0.4, 0.5) is 5.69 Å². The first-order valence-corrected chi connectivity index (χ1v) is 15.1. The van der Waals surface area contributed by atoms with Crippen LogP contribution >= 0.6 is 0 Å². The van der Waals surface area contributed by atoms with Gasteiger partial charge >= 0.3 is 5.97 Å². The molecule has 39 heavy (non-hydrogen) atoms. The normalized spacial score (nSPS) is 39.3. The fraction of sp³-hybridized carbons (Fsp3) is 0.677. The van der Waals surface area contributed by atoms with Crippen molar-refractivity contribution < 1.29 is 19.4 Å². The lowest BCUT2D eigenvalue weighted by Crippen LogP contribution is -2.52. The van der Waals surface area contributed by atoms with Crippen LogP contribution in [0.1, 0.15) is 104 Å². The summed E-state index contributed by atoms with van der Waals surface area (Å²) in [5.41, 5.74) is 1.34. The van der Waals surface area contributed by atoms with Crippen molar-refractivity contribution in [3.8, 4) is 0 Å². The lowest BCUT2D eigenvalue weighted by Gasteiger charge is -2.56. The molecule has 10 rings (SSSR count). The van der Waals surface area contributed by atoms with E-state index in [0.717, 1.165) is 74.0 Å². The Kier molecular flexibility index (Phi) is 5.33. The standard InChI is InChI=1S/C31H38N4O4/c36-28(32-25-3-1-2-24(10-25)29(37)38)27-26(17-39-31-14-21-7-22(15-31)9-23(8-21)16-31)33-35(34-27)30-11-18-4-19(12-30)6-20(5-18)13-30/h1-3,10,18-23H,4-9,11-17H2,(H,32,36)(H,37,38). The molecule has 0 unspecified atom stereocenters. The summed E-state index contributed by atoms with van der Waals surface area (Å²) in [6.07, 6.45) is 14.7. The van der Waals surface area contributed by atoms with Gasteiger partial charge in [-0.2, -0.15) is 9.90 Å². The zero-order valence-electron chi connectivity index (χ0n) is 22.5. The number of carboxylic acid groups (broad SMARTS) is 1. The smallest absolute Gasteiger partial charge is 0.335 e. The molecule has 8 fully saturated rings. The Morgan fingerprint density at radius 1 is 0.872 bits per heavy atom. The molecule has 0 spiro atoms. The predicted octanol–water partition coefficient (Wildman–Crippen LogP) is 5.64. The minimum absolute atomic E-state index is 0.0806. The van der Waals surface area contributed by atoms with Crippen LogP contribution in [-0.4, -0.2) is 37.6 Å². The van der Waals surface area contributed by atoms with E-state index in [0.29, 0.717) is 23.7 Å². The number of benzene rings is 1. The van der Waals surface area contributed by atoms with Crippen molar-refractivity contribution >= 4 is 17.6 Å². The average Bonchev–Trinajstić information content (AvgIpc) is 3.32. The highest BCUT2D eigenvalue weighted by Crippen LogP contribution is 2.59. The van der Waals surface area contributed by atoms with Crippen LogP contribution in [0, 0.1) is 35.5 Å². The summed E-state index contributed by atoms with van der Waals surface area (Å²) in [5, 5.41) is 22.3. The molecular weight excluding hydrogens is 492 g/mol. The van der Waals surface area contributed by atoms with Gasteiger partial charge in [0.25, 0.3) is 5.91 Å². The lowest BCUT2D eigenvalue weighted by atomic mass is 9.53. The summed E-state index contributed by atoms with van der Waals surface area (Å²) in [7, 11) is 0. The van der Waals surface area contributed by atoms with Crippen LogP contribution in [0.3, 0.4) is 0 Å². The molecular formula is C31H38N4O4. The number of anilines is 1. The molecule has 8 nitrogen and oxygen atoms in total. The number of hydrogen-bond acceptors (Lipinski definition) is 5. The maximum Gasteiger partial charge on any atom is 0.335 e. The second-order valence-electron chi connectivity index (χ2n) is 14.2. The van der Waals surface area contributed by atoms with E-state index in [1.807, 2.05) is 4.80 Å². The fourth-order valence-electron chi connectivity index (χ4n) is 10.5. The zero-order valence-corrected chi connectivity index (χ0v) is 22.5. The highest BCUT2D eigenvalue weighted by molar-refractivity contribution is 6.04. The largest absolute Gasteiger partial charge is 0.478 e. The number of hydrogen-bond donors (Lipinski definition) is 2. The zero-order chi connectivity index (χ0) is 26.4. The summed E-state index contributed by atoms with van der Waals surface area (Å²) in [6, 6.07) is 6.35. The van der Waals surface area contributed by atoms with Gasteiger partial charge in [-0.25, -0.2) is 4.79 Å². The van der Waals surface area contributed by atoms with Crippen LogP contribution in [0.15, 0.2) is 24.3 Å². The quantitative estimate of drug-likeness (QED) is 0.480. The first-order chi connectivity index (χ1) is 18.8. The number of carbonyl (C=O) groups excluding carboxylic acids is 1. The monoisotopic (exact) mass is 530 g/mol. The molecule has 1 aromatic heterocycles. The third-order valence-corrected chi connectivity index (χ3v) is 11.2. The molecule has 8 aliphatic carbocycles. The van der Waals surface area contributed by atoms with Crippen LogP contribution in [0.2, 0.25) is 0 Å². The second-order valence-corrected chi connectivity index (χ2v) is 14.2. The van der Waals surface area contributed by atoms with Gasteiger partial charge in [-0.1, -0.05) is 6.07 Å². The predicted molar refractivity (Wildman–Crippen MR) is 143 cm³/mol. The Morgan fingerprint density at radius 2 is 1.44 bits per heavy atom. The van der Waals surface area contributed by atoms with E-state index in [4.69, 9.17) is 14.9 Å². The van der Waals surface area contributed by atoms with Crippen LogP contribution < -0.4 is 5.32 Å². The first kappa shape index (κ1) is 24.1. The molecule has 8 saturated carbocycles. The minimum Gasteiger partial charge on any atom is -0.478 e. The Morgan fingerprint density at radius 3 is 2.00 bits per heavy atom. The van der Waals surface area contributed by atoms with Crippen molar-refractivity contribution in [1.82, 2.24) is 15.0 Å². The van der Waals surface area contributed by atoms with E-state index in [2.05, 4.69) is 5.32 Å². The van der Waals surface area contributed by atoms with E-state index in [1.54, 1.807) is 12.1 Å². The number of ether oxygens (including phenoxy) is 1. The number of aromatic carboxylic acids is 1. The minimum atomic E-state index is -1.02. The second kappa shape index (κ2) is 8.63. The Balaban J connectivity index is 1.10. The number of carboxylic acids is 1. The van der Waals surface area contributed by atoms with Gasteiger partial charge in [0.2, 0.25) is 0 Å². The number of nitrogens with zero attached hydrogens (tertiary/aromatic N) is 3. The molecule has 206 valence electrons. The third kappa shape index (κ3) is 4.12. The highest BCUT2D eigenvalue weighted by atomic mass is 16.5. The Bertz CT molecular complexity index is 1260. The molecule has 2 aromatic rings. The Labute approximate surface area is 228 Å². The lowest BCUT2D eigenvalue weighted by molar-refractivity contribution is -0.169. The van der Waals surface area contributed by atoms with Crippen molar-refractivity contribution in [2.45, 2.75) is 94.8 Å². The van der Waals surface area contributed by atoms with E-state index in [9.17, 15) is 14.7 Å². The van der Waals surface area contributed by atoms with Crippen molar-refractivity contribution in [2.24, 2.45) is 35.5 Å². The molecule has 0 atom stereocenters. The fourth-order valence-corrected chi connectivity index (χ4v) is 10.5. The molecule has 0 saturated heterocycles. The van der Waals surface area contributed by atoms with Gasteiger partial charge in [-0.15, -0.1) is 5.10 Å². The van der Waals surface area contributed by atoms with E-state index in [1.165, 1.54) is 50.7 Å². The number of rotatable bonds is 7. The summed E-state index contributed by atoms with van der Waals surface area (Å²) in [4.78, 5) is 27.0. The third-order valence-electron chi connectivity index (χ3n) is 11.2. The van der Waals surface area contributed by atoms with Gasteiger partial charge in [-0.05, 0) is 131 Å². The number of carbonyl (C=O) groups is 2. The molecule has 8 bridgehead atoms. The number of nitrogens with one attached hydrogen (secondary N) is 1. The molecule has 0 radical (unpaired) electrons. The highest BCUT2D eigenvalue weighted by Gasteiger charge is 2.54. The molecule has 0 aliphatic heterocycles. The first-order valence-electron chi connectivity index (χ1n) is 15.1. The van der Waals surface area contributed by atoms with Gasteiger partial charge in [0, 0.05) is 5.69 Å². The van der Waals surface area contributed by atoms with Gasteiger partial charge in [0.05, 0.1) is 23.3 Å². The van der Waals surface area contributed by atoms with Crippen LogP contribution in [-0.2, 0) is 16.9 Å². The molecule has 1 aromatic carbocycles.